The number of methoxy groups -OCH3 is 1. The Balaban J connectivity index is 1.72. The zero-order valence-electron chi connectivity index (χ0n) is 11.4. The number of benzene rings is 1. The first kappa shape index (κ1) is 14.0. The van der Waals surface area contributed by atoms with E-state index in [4.69, 9.17) is 10.00 Å². The Bertz CT molecular complexity index is 424. The van der Waals surface area contributed by atoms with Gasteiger partial charge in [-0.25, -0.2) is 0 Å². The van der Waals surface area contributed by atoms with Crippen molar-refractivity contribution in [2.24, 2.45) is 0 Å². The summed E-state index contributed by atoms with van der Waals surface area (Å²) in [5.74, 6) is 0. The molecule has 0 aliphatic carbocycles. The van der Waals surface area contributed by atoms with Crippen LogP contribution in [0.4, 0.5) is 0 Å². The number of hydrogen-bond acceptors (Lipinski definition) is 4. The zero-order chi connectivity index (χ0) is 13.5. The molecule has 1 fully saturated rings. The van der Waals surface area contributed by atoms with Gasteiger partial charge in [0.1, 0.15) is 0 Å². The van der Waals surface area contributed by atoms with Gasteiger partial charge < -0.3 is 10.1 Å². The van der Waals surface area contributed by atoms with Gasteiger partial charge in [0.25, 0.3) is 0 Å². The molecule has 0 spiro atoms. The van der Waals surface area contributed by atoms with E-state index in [0.717, 1.165) is 38.3 Å². The SMILES string of the molecule is COCCN1CC[C@H](NCc2ccc(C#N)cc2)C1. The van der Waals surface area contributed by atoms with Crippen molar-refractivity contribution in [2.75, 3.05) is 33.4 Å². The van der Waals surface area contributed by atoms with Crippen molar-refractivity contribution in [3.8, 4) is 6.07 Å². The number of nitrogens with zero attached hydrogens (tertiary/aromatic N) is 2. The predicted octanol–water partition coefficient (Wildman–Crippen LogP) is 1.37. The summed E-state index contributed by atoms with van der Waals surface area (Å²) in [6.45, 7) is 4.94. The Labute approximate surface area is 115 Å². The molecule has 1 saturated heterocycles. The molecule has 1 heterocycles. The zero-order valence-corrected chi connectivity index (χ0v) is 11.4. The molecule has 0 saturated carbocycles. The topological polar surface area (TPSA) is 48.3 Å². The van der Waals surface area contributed by atoms with E-state index in [-0.39, 0.29) is 0 Å². The molecule has 1 atom stereocenters. The largest absolute Gasteiger partial charge is 0.383 e. The van der Waals surface area contributed by atoms with Crippen molar-refractivity contribution in [1.29, 1.82) is 5.26 Å². The second-order valence-electron chi connectivity index (χ2n) is 4.97. The Morgan fingerprint density at radius 1 is 1.42 bits per heavy atom. The molecule has 0 unspecified atom stereocenters. The van der Waals surface area contributed by atoms with Crippen LogP contribution >= 0.6 is 0 Å². The van der Waals surface area contributed by atoms with Gasteiger partial charge in [-0.1, -0.05) is 12.1 Å². The number of likely N-dealkylation sites (tertiary alicyclic amines) is 1. The molecule has 0 amide bonds. The third-order valence-corrected chi connectivity index (χ3v) is 3.56. The van der Waals surface area contributed by atoms with Crippen molar-refractivity contribution in [2.45, 2.75) is 19.0 Å². The van der Waals surface area contributed by atoms with Crippen molar-refractivity contribution in [3.63, 3.8) is 0 Å². The molecule has 102 valence electrons. The maximum atomic E-state index is 8.75. The first-order chi connectivity index (χ1) is 9.31. The lowest BCUT2D eigenvalue weighted by Gasteiger charge is -2.16. The summed E-state index contributed by atoms with van der Waals surface area (Å²) in [4.78, 5) is 2.43. The van der Waals surface area contributed by atoms with E-state index in [0.29, 0.717) is 6.04 Å². The van der Waals surface area contributed by atoms with E-state index in [2.05, 4.69) is 16.3 Å². The number of nitriles is 1. The van der Waals surface area contributed by atoms with Gasteiger partial charge in [0, 0.05) is 32.8 Å². The molecule has 0 bridgehead atoms. The summed E-state index contributed by atoms with van der Waals surface area (Å²) in [5, 5.41) is 12.3. The van der Waals surface area contributed by atoms with Crippen LogP contribution in [0.25, 0.3) is 0 Å². The summed E-state index contributed by atoms with van der Waals surface area (Å²) in [5.41, 5.74) is 1.95. The fraction of sp³-hybridized carbons (Fsp3) is 0.533. The van der Waals surface area contributed by atoms with Gasteiger partial charge in [-0.15, -0.1) is 0 Å². The van der Waals surface area contributed by atoms with Gasteiger partial charge in [-0.05, 0) is 30.7 Å². The summed E-state index contributed by atoms with van der Waals surface area (Å²) >= 11 is 0. The van der Waals surface area contributed by atoms with Gasteiger partial charge >= 0.3 is 0 Å². The summed E-state index contributed by atoms with van der Waals surface area (Å²) in [6, 6.07) is 10.5. The number of rotatable bonds is 6. The Hall–Kier alpha value is -1.41. The highest BCUT2D eigenvalue weighted by Crippen LogP contribution is 2.10. The number of ether oxygens (including phenoxy) is 1. The standard InChI is InChI=1S/C15H21N3O/c1-19-9-8-18-7-6-15(12-18)17-11-14-4-2-13(10-16)3-5-14/h2-5,15,17H,6-9,11-12H2,1H3/t15-/m0/s1. The van der Waals surface area contributed by atoms with Crippen LogP contribution < -0.4 is 5.32 Å². The Morgan fingerprint density at radius 3 is 2.89 bits per heavy atom. The molecule has 1 aliphatic rings. The molecule has 19 heavy (non-hydrogen) atoms. The maximum absolute atomic E-state index is 8.75. The van der Waals surface area contributed by atoms with Crippen molar-refractivity contribution in [3.05, 3.63) is 35.4 Å². The van der Waals surface area contributed by atoms with Gasteiger partial charge in [-0.3, -0.25) is 4.90 Å². The predicted molar refractivity (Wildman–Crippen MR) is 74.7 cm³/mol. The third kappa shape index (κ3) is 4.32. The minimum Gasteiger partial charge on any atom is -0.383 e. The van der Waals surface area contributed by atoms with E-state index in [1.807, 2.05) is 24.3 Å². The normalized spacial score (nSPS) is 19.5. The fourth-order valence-electron chi connectivity index (χ4n) is 2.38. The third-order valence-electron chi connectivity index (χ3n) is 3.56. The maximum Gasteiger partial charge on any atom is 0.0991 e. The van der Waals surface area contributed by atoms with Crippen molar-refractivity contribution < 1.29 is 4.74 Å². The van der Waals surface area contributed by atoms with Crippen LogP contribution in [0.3, 0.4) is 0 Å². The van der Waals surface area contributed by atoms with Crippen LogP contribution in [0, 0.1) is 11.3 Å². The first-order valence-corrected chi connectivity index (χ1v) is 6.75. The van der Waals surface area contributed by atoms with E-state index in [1.54, 1.807) is 7.11 Å². The van der Waals surface area contributed by atoms with E-state index >= 15 is 0 Å². The van der Waals surface area contributed by atoms with Gasteiger partial charge in [0.15, 0.2) is 0 Å². The summed E-state index contributed by atoms with van der Waals surface area (Å²) < 4.78 is 5.10. The minimum atomic E-state index is 0.562. The molecule has 1 aliphatic heterocycles. The molecule has 1 aromatic rings. The highest BCUT2D eigenvalue weighted by molar-refractivity contribution is 5.31. The van der Waals surface area contributed by atoms with E-state index < -0.39 is 0 Å². The van der Waals surface area contributed by atoms with Crippen LogP contribution in [0.15, 0.2) is 24.3 Å². The van der Waals surface area contributed by atoms with Crippen molar-refractivity contribution in [1.82, 2.24) is 10.2 Å². The molecule has 4 nitrogen and oxygen atoms in total. The van der Waals surface area contributed by atoms with Crippen LogP contribution in [0.2, 0.25) is 0 Å². The Morgan fingerprint density at radius 2 is 2.21 bits per heavy atom. The molecule has 0 radical (unpaired) electrons. The smallest absolute Gasteiger partial charge is 0.0991 e. The quantitative estimate of drug-likeness (QED) is 0.838. The number of nitrogens with one attached hydrogen (secondary N) is 1. The van der Waals surface area contributed by atoms with Crippen molar-refractivity contribution >= 4 is 0 Å². The summed E-state index contributed by atoms with van der Waals surface area (Å²) in [7, 11) is 1.75. The lowest BCUT2D eigenvalue weighted by atomic mass is 10.1. The lowest BCUT2D eigenvalue weighted by Crippen LogP contribution is -2.33. The molecule has 1 aromatic carbocycles. The van der Waals surface area contributed by atoms with Crippen LogP contribution in [-0.2, 0) is 11.3 Å². The molecule has 1 N–H and O–H groups in total. The number of hydrogen-bond donors (Lipinski definition) is 1. The lowest BCUT2D eigenvalue weighted by molar-refractivity contribution is 0.159. The average Bonchev–Trinajstić information content (AvgIpc) is 2.91. The molecule has 0 aromatic heterocycles. The van der Waals surface area contributed by atoms with Gasteiger partial charge in [-0.2, -0.15) is 5.26 Å². The van der Waals surface area contributed by atoms with Crippen LogP contribution in [-0.4, -0.2) is 44.3 Å². The second-order valence-corrected chi connectivity index (χ2v) is 4.97. The minimum absolute atomic E-state index is 0.562. The average molecular weight is 259 g/mol. The highest BCUT2D eigenvalue weighted by atomic mass is 16.5. The highest BCUT2D eigenvalue weighted by Gasteiger charge is 2.21. The van der Waals surface area contributed by atoms with E-state index in [9.17, 15) is 0 Å². The van der Waals surface area contributed by atoms with E-state index in [1.165, 1.54) is 12.0 Å². The monoisotopic (exact) mass is 259 g/mol. The molecular weight excluding hydrogens is 238 g/mol. The summed E-state index contributed by atoms with van der Waals surface area (Å²) in [6.07, 6.45) is 1.19. The van der Waals surface area contributed by atoms with Crippen LogP contribution in [0.1, 0.15) is 17.5 Å². The first-order valence-electron chi connectivity index (χ1n) is 6.75. The molecule has 2 rings (SSSR count). The fourth-order valence-corrected chi connectivity index (χ4v) is 2.38. The van der Waals surface area contributed by atoms with Gasteiger partial charge in [0.05, 0.1) is 18.2 Å². The molecule has 4 heteroatoms. The molecular formula is C15H21N3O. The van der Waals surface area contributed by atoms with Gasteiger partial charge in [0.2, 0.25) is 0 Å². The van der Waals surface area contributed by atoms with Crippen LogP contribution in [0.5, 0.6) is 0 Å². The Kier molecular flexibility index (Phi) is 5.34. The second kappa shape index (κ2) is 7.25.